The molecule has 12 heteroatoms. The monoisotopic (exact) mass is 640 g/mol. The van der Waals surface area contributed by atoms with E-state index in [1.165, 1.54) is 12.0 Å². The van der Waals surface area contributed by atoms with E-state index in [1.807, 2.05) is 29.2 Å². The van der Waals surface area contributed by atoms with Gasteiger partial charge in [-0.25, -0.2) is 18.9 Å². The fraction of sp³-hybridized carbons (Fsp3) is 0.353. The minimum Gasteiger partial charge on any atom is -0.497 e. The molecule has 11 nitrogen and oxygen atoms in total. The van der Waals surface area contributed by atoms with Gasteiger partial charge in [0.25, 0.3) is 23.1 Å². The van der Waals surface area contributed by atoms with Gasteiger partial charge in [-0.3, -0.25) is 14.1 Å². The van der Waals surface area contributed by atoms with Crippen LogP contribution in [-0.4, -0.2) is 73.3 Å². The summed E-state index contributed by atoms with van der Waals surface area (Å²) in [5, 5.41) is 1.04. The third kappa shape index (κ3) is 5.67. The lowest BCUT2D eigenvalue weighted by Gasteiger charge is -2.35. The Morgan fingerprint density at radius 1 is 1.00 bits per heavy atom. The average Bonchev–Trinajstić information content (AvgIpc) is 3.30. The molecular formula is C34H36N6O5S. The quantitative estimate of drug-likeness (QED) is 0.289. The summed E-state index contributed by atoms with van der Waals surface area (Å²) in [4.78, 5) is 39.9. The molecule has 1 saturated heterocycles. The molecule has 1 aliphatic carbocycles. The molecule has 7 rings (SSSR count). The molecule has 0 bridgehead atoms. The number of nitrogens with one attached hydrogen (secondary N) is 1. The van der Waals surface area contributed by atoms with Crippen molar-refractivity contribution in [2.75, 3.05) is 38.2 Å². The molecule has 4 heterocycles. The SMILES string of the molecule is COc1ccc2c(c1)C=C(C(=O)N1CCN(c3ncccn3)CC1)Cn1c-2c(C2CCCCC2)c2ccc(C(=O)NS(=O)O)cc21. The van der Waals surface area contributed by atoms with E-state index >= 15 is 0 Å². The largest absolute Gasteiger partial charge is 0.497 e. The van der Waals surface area contributed by atoms with E-state index in [0.717, 1.165) is 53.4 Å². The number of carbonyl (C=O) groups is 2. The molecule has 2 aromatic carbocycles. The van der Waals surface area contributed by atoms with Gasteiger partial charge in [-0.2, -0.15) is 0 Å². The Labute approximate surface area is 269 Å². The molecule has 4 aromatic rings. The lowest BCUT2D eigenvalue weighted by Crippen LogP contribution is -2.49. The van der Waals surface area contributed by atoms with Gasteiger partial charge in [0.1, 0.15) is 5.75 Å². The summed E-state index contributed by atoms with van der Waals surface area (Å²) in [6.45, 7) is 2.64. The Bertz CT molecular complexity index is 1860. The minimum absolute atomic E-state index is 0.0408. The smallest absolute Gasteiger partial charge is 0.264 e. The number of fused-ring (bicyclic) bond motifs is 5. The molecule has 2 aromatic heterocycles. The summed E-state index contributed by atoms with van der Waals surface area (Å²) >= 11 is -2.48. The number of piperazine rings is 1. The number of rotatable bonds is 6. The zero-order chi connectivity index (χ0) is 31.8. The fourth-order valence-electron chi connectivity index (χ4n) is 7.22. The number of carbonyl (C=O) groups excluding carboxylic acids is 2. The molecule has 1 atom stereocenters. The molecular weight excluding hydrogens is 604 g/mol. The van der Waals surface area contributed by atoms with Crippen LogP contribution in [0.1, 0.15) is 59.5 Å². The third-order valence-corrected chi connectivity index (χ3v) is 9.77. The van der Waals surface area contributed by atoms with Crippen molar-refractivity contribution >= 4 is 46.0 Å². The number of amides is 2. The molecule has 2 amide bonds. The van der Waals surface area contributed by atoms with Crippen LogP contribution in [0.3, 0.4) is 0 Å². The van der Waals surface area contributed by atoms with E-state index in [2.05, 4.69) is 30.2 Å². The lowest BCUT2D eigenvalue weighted by molar-refractivity contribution is -0.127. The Balaban J connectivity index is 1.33. The second-order valence-electron chi connectivity index (χ2n) is 12.0. The zero-order valence-electron chi connectivity index (χ0n) is 25.6. The maximum atomic E-state index is 14.3. The standard InChI is InChI=1S/C34H36N6O5S/c1-45-26-9-11-27-24(19-26)18-25(33(42)38-14-16-39(17-15-38)34-35-12-5-13-36-34)21-40-29-20-23(32(41)37-46(43)44)8-10-28(29)30(31(27)40)22-6-3-2-4-7-22/h5,8-13,18-20,22H,2-4,6-7,14-17,21H2,1H3,(H,37,41)(H,43,44). The molecule has 2 fully saturated rings. The maximum absolute atomic E-state index is 14.3. The number of ether oxygens (including phenoxy) is 1. The summed E-state index contributed by atoms with van der Waals surface area (Å²) in [5.41, 5.74) is 5.93. The topological polar surface area (TPSA) is 130 Å². The van der Waals surface area contributed by atoms with Crippen molar-refractivity contribution in [1.29, 1.82) is 0 Å². The molecule has 2 aliphatic heterocycles. The van der Waals surface area contributed by atoms with Gasteiger partial charge in [-0.15, -0.1) is 0 Å². The third-order valence-electron chi connectivity index (χ3n) is 9.41. The number of methoxy groups -OCH3 is 1. The highest BCUT2D eigenvalue weighted by atomic mass is 32.2. The van der Waals surface area contributed by atoms with Crippen molar-refractivity contribution in [2.45, 2.75) is 44.6 Å². The normalized spacial score (nSPS) is 17.5. The summed E-state index contributed by atoms with van der Waals surface area (Å²) in [6, 6.07) is 13.2. The zero-order valence-corrected chi connectivity index (χ0v) is 26.5. The first-order valence-corrected chi connectivity index (χ1v) is 16.8. The van der Waals surface area contributed by atoms with Crippen molar-refractivity contribution in [3.05, 3.63) is 77.1 Å². The minimum atomic E-state index is -2.48. The highest BCUT2D eigenvalue weighted by molar-refractivity contribution is 7.77. The van der Waals surface area contributed by atoms with Crippen LogP contribution in [0.4, 0.5) is 5.95 Å². The van der Waals surface area contributed by atoms with Gasteiger partial charge >= 0.3 is 0 Å². The van der Waals surface area contributed by atoms with Gasteiger partial charge in [0.05, 0.1) is 19.3 Å². The van der Waals surface area contributed by atoms with E-state index in [-0.39, 0.29) is 11.5 Å². The number of aromatic nitrogens is 3. The Kier molecular flexibility index (Phi) is 8.31. The van der Waals surface area contributed by atoms with E-state index in [4.69, 9.17) is 4.74 Å². The predicted molar refractivity (Wildman–Crippen MR) is 177 cm³/mol. The molecule has 46 heavy (non-hydrogen) atoms. The summed E-state index contributed by atoms with van der Waals surface area (Å²) in [6.07, 6.45) is 11.1. The van der Waals surface area contributed by atoms with E-state index in [1.54, 1.807) is 37.7 Å². The van der Waals surface area contributed by atoms with Crippen molar-refractivity contribution in [3.8, 4) is 17.0 Å². The summed E-state index contributed by atoms with van der Waals surface area (Å²) in [7, 11) is 1.64. The average molecular weight is 641 g/mol. The molecule has 0 spiro atoms. The van der Waals surface area contributed by atoms with Gasteiger partial charge in [0.15, 0.2) is 0 Å². The van der Waals surface area contributed by atoms with E-state index in [9.17, 15) is 18.4 Å². The molecule has 238 valence electrons. The van der Waals surface area contributed by atoms with Crippen LogP contribution in [0.15, 0.2) is 60.4 Å². The van der Waals surface area contributed by atoms with E-state index < -0.39 is 17.2 Å². The first-order chi connectivity index (χ1) is 22.4. The highest BCUT2D eigenvalue weighted by Crippen LogP contribution is 2.47. The maximum Gasteiger partial charge on any atom is 0.264 e. The fourth-order valence-corrected chi connectivity index (χ4v) is 7.49. The Morgan fingerprint density at radius 2 is 1.76 bits per heavy atom. The van der Waals surface area contributed by atoms with Crippen LogP contribution in [0.2, 0.25) is 0 Å². The van der Waals surface area contributed by atoms with Crippen LogP contribution in [-0.2, 0) is 22.6 Å². The van der Waals surface area contributed by atoms with E-state index in [0.29, 0.717) is 55.9 Å². The van der Waals surface area contributed by atoms with Crippen LogP contribution < -0.4 is 14.4 Å². The number of nitrogens with zero attached hydrogens (tertiary/aromatic N) is 5. The molecule has 1 saturated carbocycles. The van der Waals surface area contributed by atoms with Gasteiger partial charge in [0.2, 0.25) is 5.95 Å². The van der Waals surface area contributed by atoms with Crippen LogP contribution in [0.25, 0.3) is 28.2 Å². The number of hydrogen-bond acceptors (Lipinski definition) is 7. The van der Waals surface area contributed by atoms with Gasteiger partial charge < -0.3 is 19.1 Å². The van der Waals surface area contributed by atoms with Gasteiger partial charge in [-0.05, 0) is 72.4 Å². The Hall–Kier alpha value is -4.55. The highest BCUT2D eigenvalue weighted by Gasteiger charge is 2.32. The molecule has 2 N–H and O–H groups in total. The van der Waals surface area contributed by atoms with Crippen molar-refractivity contribution in [2.24, 2.45) is 0 Å². The Morgan fingerprint density at radius 3 is 2.48 bits per heavy atom. The first-order valence-electron chi connectivity index (χ1n) is 15.7. The summed E-state index contributed by atoms with van der Waals surface area (Å²) in [5.74, 6) is 1.02. The van der Waals surface area contributed by atoms with Crippen LogP contribution in [0.5, 0.6) is 5.75 Å². The molecule has 0 radical (unpaired) electrons. The van der Waals surface area contributed by atoms with Crippen molar-refractivity contribution in [1.82, 2.24) is 24.2 Å². The number of anilines is 1. The van der Waals surface area contributed by atoms with Crippen LogP contribution >= 0.6 is 0 Å². The molecule has 1 unspecified atom stereocenters. The number of benzene rings is 2. The van der Waals surface area contributed by atoms with Gasteiger partial charge in [0, 0.05) is 66.2 Å². The van der Waals surface area contributed by atoms with Crippen molar-refractivity contribution < 1.29 is 23.1 Å². The lowest BCUT2D eigenvalue weighted by atomic mass is 9.81. The second kappa shape index (κ2) is 12.7. The van der Waals surface area contributed by atoms with Gasteiger partial charge in [-0.1, -0.05) is 25.3 Å². The second-order valence-corrected chi connectivity index (χ2v) is 12.7. The van der Waals surface area contributed by atoms with Crippen LogP contribution in [0, 0.1) is 0 Å². The van der Waals surface area contributed by atoms with Crippen molar-refractivity contribution in [3.63, 3.8) is 0 Å². The predicted octanol–water partition coefficient (Wildman–Crippen LogP) is 4.77. The molecule has 3 aliphatic rings. The first kappa shape index (κ1) is 30.1. The number of hydrogen-bond donors (Lipinski definition) is 2. The summed E-state index contributed by atoms with van der Waals surface area (Å²) < 4.78 is 30.6.